The van der Waals surface area contributed by atoms with Crippen molar-refractivity contribution < 1.29 is 28.5 Å². The van der Waals surface area contributed by atoms with Crippen molar-refractivity contribution in [3.05, 3.63) is 23.8 Å². The van der Waals surface area contributed by atoms with Crippen LogP contribution in [0.2, 0.25) is 0 Å². The molecule has 0 aliphatic carbocycles. The molecule has 0 radical (unpaired) electrons. The van der Waals surface area contributed by atoms with Gasteiger partial charge in [0.25, 0.3) is 0 Å². The zero-order valence-electron chi connectivity index (χ0n) is 15.8. The molecule has 7 nitrogen and oxygen atoms in total. The van der Waals surface area contributed by atoms with Crippen LogP contribution in [0.4, 0.5) is 4.79 Å². The van der Waals surface area contributed by atoms with Crippen molar-refractivity contribution in [1.29, 1.82) is 0 Å². The summed E-state index contributed by atoms with van der Waals surface area (Å²) in [5.74, 6) is 0.886. The van der Waals surface area contributed by atoms with Crippen LogP contribution >= 0.6 is 0 Å². The minimum atomic E-state index is -1.09. The van der Waals surface area contributed by atoms with Gasteiger partial charge in [0.05, 0.1) is 7.11 Å². The lowest BCUT2D eigenvalue weighted by Crippen LogP contribution is -2.52. The molecule has 0 spiro atoms. The topological polar surface area (TPSA) is 74.3 Å². The van der Waals surface area contributed by atoms with E-state index in [0.29, 0.717) is 24.5 Å². The molecule has 2 aliphatic rings. The van der Waals surface area contributed by atoms with E-state index in [1.165, 1.54) is 12.0 Å². The smallest absolute Gasteiger partial charge is 0.411 e. The Labute approximate surface area is 153 Å². The van der Waals surface area contributed by atoms with Crippen molar-refractivity contribution in [2.45, 2.75) is 51.2 Å². The van der Waals surface area contributed by atoms with Gasteiger partial charge in [-0.3, -0.25) is 4.90 Å². The maximum absolute atomic E-state index is 12.7. The van der Waals surface area contributed by atoms with Crippen molar-refractivity contribution in [3.8, 4) is 11.5 Å². The van der Waals surface area contributed by atoms with E-state index in [1.807, 2.05) is 18.2 Å². The van der Waals surface area contributed by atoms with E-state index in [4.69, 9.17) is 18.9 Å². The standard InChI is InChI=1S/C19H25NO6/c1-18(2,3)26-17(22)20-10-13(9-19(20,4)16(21)23-5)12-6-7-14-15(8-12)25-11-24-14/h6-8,13H,9-11H2,1-5H3/t13-,19-/m0/s1. The molecular formula is C19H25NO6. The second kappa shape index (κ2) is 6.37. The predicted molar refractivity (Wildman–Crippen MR) is 93.3 cm³/mol. The average Bonchev–Trinajstić information content (AvgIpc) is 3.16. The van der Waals surface area contributed by atoms with Gasteiger partial charge in [-0.1, -0.05) is 6.07 Å². The SMILES string of the molecule is COC(=O)[C@]1(C)C[C@H](c2ccc3c(c2)OCO3)CN1C(=O)OC(C)(C)C. The number of nitrogens with zero attached hydrogens (tertiary/aromatic N) is 1. The molecule has 0 aromatic heterocycles. The first-order valence-electron chi connectivity index (χ1n) is 8.62. The van der Waals surface area contributed by atoms with E-state index in [0.717, 1.165) is 5.56 Å². The summed E-state index contributed by atoms with van der Waals surface area (Å²) in [5, 5.41) is 0. The molecular weight excluding hydrogens is 338 g/mol. The molecule has 1 saturated heterocycles. The maximum Gasteiger partial charge on any atom is 0.411 e. The van der Waals surface area contributed by atoms with Gasteiger partial charge in [0.15, 0.2) is 11.5 Å². The molecule has 2 heterocycles. The Balaban J connectivity index is 1.89. The molecule has 2 atom stereocenters. The lowest BCUT2D eigenvalue weighted by Gasteiger charge is -2.33. The van der Waals surface area contributed by atoms with Crippen LogP contribution in [0.5, 0.6) is 11.5 Å². The molecule has 0 bridgehead atoms. The minimum absolute atomic E-state index is 0.0406. The van der Waals surface area contributed by atoms with E-state index in [2.05, 4.69) is 0 Å². The third-order valence-electron chi connectivity index (χ3n) is 4.75. The molecule has 1 aromatic rings. The number of methoxy groups -OCH3 is 1. The van der Waals surface area contributed by atoms with E-state index in [9.17, 15) is 9.59 Å². The summed E-state index contributed by atoms with van der Waals surface area (Å²) >= 11 is 0. The summed E-state index contributed by atoms with van der Waals surface area (Å²) in [6, 6.07) is 5.70. The second-order valence-corrected chi connectivity index (χ2v) is 7.87. The van der Waals surface area contributed by atoms with Crippen LogP contribution in [0.3, 0.4) is 0 Å². The van der Waals surface area contributed by atoms with Crippen molar-refractivity contribution in [2.24, 2.45) is 0 Å². The van der Waals surface area contributed by atoms with E-state index in [1.54, 1.807) is 27.7 Å². The van der Waals surface area contributed by atoms with E-state index in [-0.39, 0.29) is 12.7 Å². The molecule has 0 saturated carbocycles. The Morgan fingerprint density at radius 1 is 1.23 bits per heavy atom. The van der Waals surface area contributed by atoms with Crippen molar-refractivity contribution in [3.63, 3.8) is 0 Å². The fourth-order valence-corrected chi connectivity index (χ4v) is 3.47. The Bertz CT molecular complexity index is 725. The van der Waals surface area contributed by atoms with Gasteiger partial charge >= 0.3 is 12.1 Å². The van der Waals surface area contributed by atoms with Crippen LogP contribution in [0, 0.1) is 0 Å². The van der Waals surface area contributed by atoms with Crippen LogP contribution < -0.4 is 9.47 Å². The monoisotopic (exact) mass is 363 g/mol. The Kier molecular flexibility index (Phi) is 4.50. The lowest BCUT2D eigenvalue weighted by atomic mass is 9.90. The quantitative estimate of drug-likeness (QED) is 0.752. The lowest BCUT2D eigenvalue weighted by molar-refractivity contribution is -0.152. The van der Waals surface area contributed by atoms with Gasteiger partial charge in [-0.2, -0.15) is 0 Å². The van der Waals surface area contributed by atoms with Gasteiger partial charge in [0.2, 0.25) is 6.79 Å². The van der Waals surface area contributed by atoms with Gasteiger partial charge in [-0.15, -0.1) is 0 Å². The zero-order valence-corrected chi connectivity index (χ0v) is 15.8. The van der Waals surface area contributed by atoms with Gasteiger partial charge in [-0.05, 0) is 51.8 Å². The molecule has 142 valence electrons. The molecule has 0 N–H and O–H groups in total. The Morgan fingerprint density at radius 3 is 2.58 bits per heavy atom. The molecule has 2 aliphatic heterocycles. The summed E-state index contributed by atoms with van der Waals surface area (Å²) < 4.78 is 21.3. The molecule has 3 rings (SSSR count). The van der Waals surface area contributed by atoms with Gasteiger partial charge in [0.1, 0.15) is 11.1 Å². The number of esters is 1. The highest BCUT2D eigenvalue weighted by Gasteiger charge is 2.52. The number of hydrogen-bond acceptors (Lipinski definition) is 6. The first-order valence-corrected chi connectivity index (χ1v) is 8.62. The number of likely N-dealkylation sites (tertiary alicyclic amines) is 1. The molecule has 1 amide bonds. The average molecular weight is 363 g/mol. The number of carbonyl (C=O) groups is 2. The summed E-state index contributed by atoms with van der Waals surface area (Å²) in [7, 11) is 1.33. The summed E-state index contributed by atoms with van der Waals surface area (Å²) in [4.78, 5) is 26.6. The van der Waals surface area contributed by atoms with E-state index >= 15 is 0 Å². The first-order chi connectivity index (χ1) is 12.1. The highest BCUT2D eigenvalue weighted by atomic mass is 16.7. The number of hydrogen-bond donors (Lipinski definition) is 0. The largest absolute Gasteiger partial charge is 0.467 e. The third-order valence-corrected chi connectivity index (χ3v) is 4.75. The van der Waals surface area contributed by atoms with E-state index < -0.39 is 23.2 Å². The van der Waals surface area contributed by atoms with Crippen molar-refractivity contribution in [1.82, 2.24) is 4.90 Å². The van der Waals surface area contributed by atoms with Gasteiger partial charge in [-0.25, -0.2) is 9.59 Å². The van der Waals surface area contributed by atoms with Crippen LogP contribution in [0.25, 0.3) is 0 Å². The molecule has 0 unspecified atom stereocenters. The third kappa shape index (κ3) is 3.30. The van der Waals surface area contributed by atoms with Crippen molar-refractivity contribution >= 4 is 12.1 Å². The molecule has 1 aromatic carbocycles. The predicted octanol–water partition coefficient (Wildman–Crippen LogP) is 3.07. The number of amides is 1. The van der Waals surface area contributed by atoms with Crippen LogP contribution in [-0.4, -0.2) is 48.5 Å². The number of fused-ring (bicyclic) bond motifs is 1. The summed E-state index contributed by atoms with van der Waals surface area (Å²) in [6.07, 6.45) is -0.0768. The maximum atomic E-state index is 12.7. The van der Waals surface area contributed by atoms with Crippen LogP contribution in [0.1, 0.15) is 45.6 Å². The number of ether oxygens (including phenoxy) is 4. The number of benzene rings is 1. The minimum Gasteiger partial charge on any atom is -0.467 e. The zero-order chi connectivity index (χ0) is 19.1. The van der Waals surface area contributed by atoms with Crippen LogP contribution in [0.15, 0.2) is 18.2 Å². The Morgan fingerprint density at radius 2 is 1.92 bits per heavy atom. The molecule has 1 fully saturated rings. The normalized spacial score (nSPS) is 24.5. The molecule has 26 heavy (non-hydrogen) atoms. The summed E-state index contributed by atoms with van der Waals surface area (Å²) in [5.41, 5.74) is -0.751. The first kappa shape index (κ1) is 18.4. The second-order valence-electron chi connectivity index (χ2n) is 7.87. The Hall–Kier alpha value is -2.44. The highest BCUT2D eigenvalue weighted by Crippen LogP contribution is 2.43. The van der Waals surface area contributed by atoms with Gasteiger partial charge < -0.3 is 18.9 Å². The van der Waals surface area contributed by atoms with Gasteiger partial charge in [0, 0.05) is 12.5 Å². The number of rotatable bonds is 2. The van der Waals surface area contributed by atoms with Crippen LogP contribution in [-0.2, 0) is 14.3 Å². The van der Waals surface area contributed by atoms with Crippen molar-refractivity contribution in [2.75, 3.05) is 20.4 Å². The number of carbonyl (C=O) groups excluding carboxylic acids is 2. The fraction of sp³-hybridized carbons (Fsp3) is 0.579. The molecule has 7 heteroatoms. The summed E-state index contributed by atoms with van der Waals surface area (Å²) in [6.45, 7) is 7.67. The highest BCUT2D eigenvalue weighted by molar-refractivity contribution is 5.86. The fourth-order valence-electron chi connectivity index (χ4n) is 3.47.